The van der Waals surface area contributed by atoms with Crippen molar-refractivity contribution in [2.75, 3.05) is 12.0 Å². The number of anilines is 1. The lowest BCUT2D eigenvalue weighted by Gasteiger charge is -2.26. The number of nitrogens with zero attached hydrogens (tertiary/aromatic N) is 2. The number of ether oxygens (including phenoxy) is 1. The third-order valence-corrected chi connectivity index (χ3v) is 5.23. The lowest BCUT2D eigenvalue weighted by molar-refractivity contribution is -0.384. The first-order chi connectivity index (χ1) is 15.4. The number of Topliss-reactive ketones (excluding diaryl/α,β-unsaturated/α-hetero) is 1. The van der Waals surface area contributed by atoms with Crippen molar-refractivity contribution in [3.8, 4) is 5.75 Å². The number of carbonyl (C=O) groups is 2. The van der Waals surface area contributed by atoms with Gasteiger partial charge in [0.1, 0.15) is 11.5 Å². The van der Waals surface area contributed by atoms with Gasteiger partial charge in [-0.2, -0.15) is 0 Å². The summed E-state index contributed by atoms with van der Waals surface area (Å²) in [6.07, 6.45) is 0. The molecule has 0 aromatic heterocycles. The zero-order chi connectivity index (χ0) is 22.8. The summed E-state index contributed by atoms with van der Waals surface area (Å²) in [7, 11) is 1.43. The molecule has 1 N–H and O–H groups in total. The summed E-state index contributed by atoms with van der Waals surface area (Å²) >= 11 is 0. The van der Waals surface area contributed by atoms with Gasteiger partial charge in [0, 0.05) is 17.7 Å². The second kappa shape index (κ2) is 8.35. The molecular formula is C24H18N2O6. The molecule has 3 aromatic rings. The number of hydrogen-bond acceptors (Lipinski definition) is 6. The highest BCUT2D eigenvalue weighted by Gasteiger charge is 2.48. The van der Waals surface area contributed by atoms with Crippen molar-refractivity contribution in [3.63, 3.8) is 0 Å². The van der Waals surface area contributed by atoms with Gasteiger partial charge in [0.25, 0.3) is 17.4 Å². The maximum atomic E-state index is 13.2. The summed E-state index contributed by atoms with van der Waals surface area (Å²) in [4.78, 5) is 38.3. The Morgan fingerprint density at radius 3 is 2.38 bits per heavy atom. The first-order valence-electron chi connectivity index (χ1n) is 9.68. The van der Waals surface area contributed by atoms with Gasteiger partial charge in [0.2, 0.25) is 0 Å². The van der Waals surface area contributed by atoms with Crippen LogP contribution in [0.1, 0.15) is 17.2 Å². The fourth-order valence-electron chi connectivity index (χ4n) is 3.79. The number of nitro benzene ring substituents is 1. The Kier molecular flexibility index (Phi) is 5.43. The van der Waals surface area contributed by atoms with Crippen molar-refractivity contribution >= 4 is 28.8 Å². The molecule has 0 aliphatic carbocycles. The number of non-ortho nitro benzene ring substituents is 1. The van der Waals surface area contributed by atoms with Crippen molar-refractivity contribution in [2.45, 2.75) is 6.04 Å². The summed E-state index contributed by atoms with van der Waals surface area (Å²) in [5.74, 6) is -1.79. The second-order valence-electron chi connectivity index (χ2n) is 7.06. The number of amides is 1. The highest BCUT2D eigenvalue weighted by Crippen LogP contribution is 2.45. The lowest BCUT2D eigenvalue weighted by atomic mass is 9.94. The number of hydrogen-bond donors (Lipinski definition) is 1. The number of aliphatic hydroxyl groups is 1. The minimum absolute atomic E-state index is 0.160. The Bertz CT molecular complexity index is 1250. The Balaban J connectivity index is 2.00. The molecule has 1 aliphatic heterocycles. The minimum atomic E-state index is -1.09. The smallest absolute Gasteiger partial charge is 0.300 e. The number of rotatable bonds is 5. The molecule has 1 aliphatic rings. The van der Waals surface area contributed by atoms with Crippen LogP contribution in [0.3, 0.4) is 0 Å². The molecule has 32 heavy (non-hydrogen) atoms. The van der Waals surface area contributed by atoms with E-state index in [4.69, 9.17) is 4.74 Å². The molecule has 0 bridgehead atoms. The molecule has 0 spiro atoms. The maximum Gasteiger partial charge on any atom is 0.300 e. The summed E-state index contributed by atoms with van der Waals surface area (Å²) in [5.41, 5.74) is 0.601. The van der Waals surface area contributed by atoms with Gasteiger partial charge >= 0.3 is 0 Å². The van der Waals surface area contributed by atoms with Crippen molar-refractivity contribution in [2.24, 2.45) is 0 Å². The third kappa shape index (κ3) is 3.47. The quantitative estimate of drug-likeness (QED) is 0.213. The van der Waals surface area contributed by atoms with Crippen LogP contribution in [-0.2, 0) is 9.59 Å². The largest absolute Gasteiger partial charge is 0.507 e. The maximum absolute atomic E-state index is 13.2. The Labute approximate surface area is 183 Å². The summed E-state index contributed by atoms with van der Waals surface area (Å²) in [6.45, 7) is 0. The highest BCUT2D eigenvalue weighted by atomic mass is 16.6. The molecule has 0 saturated carbocycles. The van der Waals surface area contributed by atoms with Gasteiger partial charge in [-0.25, -0.2) is 0 Å². The molecule has 8 heteroatoms. The minimum Gasteiger partial charge on any atom is -0.507 e. The Morgan fingerprint density at radius 2 is 1.69 bits per heavy atom. The van der Waals surface area contributed by atoms with Crippen molar-refractivity contribution in [1.82, 2.24) is 0 Å². The van der Waals surface area contributed by atoms with Crippen molar-refractivity contribution < 1.29 is 24.4 Å². The van der Waals surface area contributed by atoms with Crippen LogP contribution in [0.5, 0.6) is 5.75 Å². The monoisotopic (exact) mass is 430 g/mol. The van der Waals surface area contributed by atoms with E-state index in [-0.39, 0.29) is 17.0 Å². The van der Waals surface area contributed by atoms with Crippen molar-refractivity contribution in [1.29, 1.82) is 0 Å². The number of para-hydroxylation sites is 2. The summed E-state index contributed by atoms with van der Waals surface area (Å²) in [6, 6.07) is 19.5. The first kappa shape index (κ1) is 20.8. The topological polar surface area (TPSA) is 110 Å². The fourth-order valence-corrected chi connectivity index (χ4v) is 3.79. The van der Waals surface area contributed by atoms with E-state index < -0.39 is 22.7 Å². The number of benzene rings is 3. The average molecular weight is 430 g/mol. The number of aliphatic hydroxyl groups excluding tert-OH is 1. The molecule has 8 nitrogen and oxygen atoms in total. The number of ketones is 1. The number of methoxy groups -OCH3 is 1. The van der Waals surface area contributed by atoms with E-state index in [0.29, 0.717) is 22.6 Å². The van der Waals surface area contributed by atoms with E-state index >= 15 is 0 Å². The molecule has 1 heterocycles. The van der Waals surface area contributed by atoms with Gasteiger partial charge in [0.15, 0.2) is 0 Å². The van der Waals surface area contributed by atoms with Crippen LogP contribution in [0.2, 0.25) is 0 Å². The van der Waals surface area contributed by atoms with Gasteiger partial charge in [-0.3, -0.25) is 24.6 Å². The third-order valence-electron chi connectivity index (χ3n) is 5.23. The first-order valence-corrected chi connectivity index (χ1v) is 9.68. The molecule has 1 atom stereocenters. The second-order valence-corrected chi connectivity index (χ2v) is 7.06. The van der Waals surface area contributed by atoms with Crippen LogP contribution < -0.4 is 9.64 Å². The SMILES string of the molecule is COc1ccccc1N1C(=O)C(=O)/C(=C(\O)c2ccccc2)C1c1cccc([N+](=O)[O-])c1. The molecular weight excluding hydrogens is 412 g/mol. The molecule has 1 saturated heterocycles. The van der Waals surface area contributed by atoms with Crippen LogP contribution in [-0.4, -0.2) is 28.8 Å². The molecule has 1 unspecified atom stereocenters. The van der Waals surface area contributed by atoms with Crippen LogP contribution >= 0.6 is 0 Å². The average Bonchev–Trinajstić information content (AvgIpc) is 3.09. The molecule has 0 radical (unpaired) electrons. The van der Waals surface area contributed by atoms with Crippen LogP contribution in [0.4, 0.5) is 11.4 Å². The molecule has 160 valence electrons. The standard InChI is InChI=1S/C24H18N2O6/c1-32-19-13-6-5-12-18(19)25-21(16-10-7-11-17(14-16)26(30)31)20(23(28)24(25)29)22(27)15-8-3-2-4-9-15/h2-14,21,27H,1H3/b22-20-. The van der Waals surface area contributed by atoms with E-state index in [9.17, 15) is 24.8 Å². The van der Waals surface area contributed by atoms with Crippen LogP contribution in [0.15, 0.2) is 84.4 Å². The van der Waals surface area contributed by atoms with Gasteiger partial charge in [0.05, 0.1) is 29.3 Å². The van der Waals surface area contributed by atoms with E-state index in [1.54, 1.807) is 60.7 Å². The molecule has 1 amide bonds. The van der Waals surface area contributed by atoms with E-state index in [1.807, 2.05) is 0 Å². The zero-order valence-corrected chi connectivity index (χ0v) is 17.0. The molecule has 1 fully saturated rings. The van der Waals surface area contributed by atoms with Gasteiger partial charge in [-0.15, -0.1) is 0 Å². The Morgan fingerprint density at radius 1 is 1.00 bits per heavy atom. The van der Waals surface area contributed by atoms with Gasteiger partial charge in [-0.05, 0) is 17.7 Å². The van der Waals surface area contributed by atoms with E-state index in [1.165, 1.54) is 30.2 Å². The van der Waals surface area contributed by atoms with Crippen molar-refractivity contribution in [3.05, 3.63) is 106 Å². The normalized spacial score (nSPS) is 17.4. The van der Waals surface area contributed by atoms with Crippen LogP contribution in [0, 0.1) is 10.1 Å². The van der Waals surface area contributed by atoms with Gasteiger partial charge < -0.3 is 9.84 Å². The van der Waals surface area contributed by atoms with E-state index in [0.717, 1.165) is 0 Å². The fraction of sp³-hybridized carbons (Fsp3) is 0.0833. The summed E-state index contributed by atoms with van der Waals surface area (Å²) < 4.78 is 5.38. The zero-order valence-electron chi connectivity index (χ0n) is 17.0. The Hall–Kier alpha value is -4.46. The lowest BCUT2D eigenvalue weighted by Crippen LogP contribution is -2.29. The van der Waals surface area contributed by atoms with Gasteiger partial charge in [-0.1, -0.05) is 54.6 Å². The van der Waals surface area contributed by atoms with E-state index in [2.05, 4.69) is 0 Å². The van der Waals surface area contributed by atoms with Crippen LogP contribution in [0.25, 0.3) is 5.76 Å². The predicted octanol–water partition coefficient (Wildman–Crippen LogP) is 4.23. The number of carbonyl (C=O) groups excluding carboxylic acids is 2. The molecule has 4 rings (SSSR count). The predicted molar refractivity (Wildman–Crippen MR) is 117 cm³/mol. The summed E-state index contributed by atoms with van der Waals surface area (Å²) in [5, 5.41) is 22.4. The molecule has 3 aromatic carbocycles. The number of nitro groups is 1. The highest BCUT2D eigenvalue weighted by molar-refractivity contribution is 6.51.